The number of ether oxygens (including phenoxy) is 1. The predicted octanol–water partition coefficient (Wildman–Crippen LogP) is 3.78. The van der Waals surface area contributed by atoms with E-state index in [1.807, 2.05) is 13.8 Å². The Bertz CT molecular complexity index is 375. The number of alkyl halides is 3. The minimum Gasteiger partial charge on any atom is -0.497 e. The van der Waals surface area contributed by atoms with Crippen molar-refractivity contribution in [2.75, 3.05) is 19.0 Å². The molecular weight excluding hydrogens is 231 g/mol. The molecule has 0 radical (unpaired) electrons. The summed E-state index contributed by atoms with van der Waals surface area (Å²) in [4.78, 5) is 0. The van der Waals surface area contributed by atoms with E-state index in [-0.39, 0.29) is 17.4 Å². The van der Waals surface area contributed by atoms with Crippen molar-refractivity contribution in [3.05, 3.63) is 23.8 Å². The largest absolute Gasteiger partial charge is 0.497 e. The van der Waals surface area contributed by atoms with Crippen molar-refractivity contribution in [1.29, 1.82) is 0 Å². The molecule has 0 atom stereocenters. The van der Waals surface area contributed by atoms with Gasteiger partial charge in [-0.2, -0.15) is 13.2 Å². The molecule has 1 N–H and O–H groups in total. The molecule has 0 unspecified atom stereocenters. The number of halogens is 3. The summed E-state index contributed by atoms with van der Waals surface area (Å²) in [5.41, 5.74) is -0.607. The lowest BCUT2D eigenvalue weighted by Crippen LogP contribution is -2.14. The zero-order chi connectivity index (χ0) is 13.1. The molecule has 0 amide bonds. The second kappa shape index (κ2) is 5.29. The van der Waals surface area contributed by atoms with Crippen molar-refractivity contribution in [2.45, 2.75) is 20.0 Å². The molecule has 0 fully saturated rings. The van der Waals surface area contributed by atoms with Crippen molar-refractivity contribution in [1.82, 2.24) is 0 Å². The third-order valence-electron chi connectivity index (χ3n) is 2.23. The van der Waals surface area contributed by atoms with Crippen LogP contribution in [0.2, 0.25) is 0 Å². The molecule has 5 heteroatoms. The highest BCUT2D eigenvalue weighted by Gasteiger charge is 2.34. The lowest BCUT2D eigenvalue weighted by atomic mass is 10.1. The molecular formula is C12H16F3NO. The Morgan fingerprint density at radius 2 is 1.94 bits per heavy atom. The van der Waals surface area contributed by atoms with Gasteiger partial charge in [0, 0.05) is 12.2 Å². The lowest BCUT2D eigenvalue weighted by molar-refractivity contribution is -0.137. The molecule has 0 heterocycles. The first-order valence-electron chi connectivity index (χ1n) is 5.33. The van der Waals surface area contributed by atoms with E-state index in [4.69, 9.17) is 4.74 Å². The second-order valence-corrected chi connectivity index (χ2v) is 4.18. The van der Waals surface area contributed by atoms with Gasteiger partial charge in [-0.1, -0.05) is 13.8 Å². The minimum atomic E-state index is -4.38. The third-order valence-corrected chi connectivity index (χ3v) is 2.23. The second-order valence-electron chi connectivity index (χ2n) is 4.18. The molecule has 2 nitrogen and oxygen atoms in total. The first kappa shape index (κ1) is 13.7. The van der Waals surface area contributed by atoms with E-state index in [9.17, 15) is 13.2 Å². The Balaban J connectivity index is 3.03. The summed E-state index contributed by atoms with van der Waals surface area (Å²) in [5.74, 6) is 0.477. The van der Waals surface area contributed by atoms with E-state index in [0.717, 1.165) is 6.07 Å². The molecule has 0 aliphatic rings. The van der Waals surface area contributed by atoms with Crippen LogP contribution < -0.4 is 10.1 Å². The third kappa shape index (κ3) is 3.84. The van der Waals surface area contributed by atoms with Crippen LogP contribution in [0.4, 0.5) is 18.9 Å². The fraction of sp³-hybridized carbons (Fsp3) is 0.500. The van der Waals surface area contributed by atoms with E-state index < -0.39 is 11.7 Å². The predicted molar refractivity (Wildman–Crippen MR) is 61.3 cm³/mol. The Kier molecular flexibility index (Phi) is 4.26. The summed E-state index contributed by atoms with van der Waals surface area (Å²) in [7, 11) is 1.34. The highest BCUT2D eigenvalue weighted by Crippen LogP contribution is 2.37. The average Bonchev–Trinajstić information content (AvgIpc) is 2.24. The van der Waals surface area contributed by atoms with Gasteiger partial charge in [0.2, 0.25) is 0 Å². The number of benzene rings is 1. The Morgan fingerprint density at radius 3 is 2.41 bits per heavy atom. The van der Waals surface area contributed by atoms with Gasteiger partial charge < -0.3 is 10.1 Å². The number of nitrogens with one attached hydrogen (secondary N) is 1. The van der Waals surface area contributed by atoms with E-state index >= 15 is 0 Å². The van der Waals surface area contributed by atoms with Crippen LogP contribution in [-0.4, -0.2) is 13.7 Å². The lowest BCUT2D eigenvalue weighted by Gasteiger charge is -2.16. The Morgan fingerprint density at radius 1 is 1.29 bits per heavy atom. The summed E-state index contributed by atoms with van der Waals surface area (Å²) >= 11 is 0. The van der Waals surface area contributed by atoms with Crippen molar-refractivity contribution < 1.29 is 17.9 Å². The maximum absolute atomic E-state index is 12.8. The van der Waals surface area contributed by atoms with Gasteiger partial charge in [-0.3, -0.25) is 0 Å². The first-order valence-corrected chi connectivity index (χ1v) is 5.33. The quantitative estimate of drug-likeness (QED) is 0.874. The molecule has 0 saturated heterocycles. The molecule has 1 aromatic rings. The van der Waals surface area contributed by atoms with Crippen molar-refractivity contribution in [3.63, 3.8) is 0 Å². The van der Waals surface area contributed by atoms with Gasteiger partial charge >= 0.3 is 6.18 Å². The number of rotatable bonds is 4. The van der Waals surface area contributed by atoms with Gasteiger partial charge in [0.1, 0.15) is 5.75 Å². The number of methoxy groups -OCH3 is 1. The summed E-state index contributed by atoms with van der Waals surface area (Å²) in [5, 5.41) is 2.79. The van der Waals surface area contributed by atoms with Gasteiger partial charge in [0.05, 0.1) is 12.7 Å². The monoisotopic (exact) mass is 247 g/mol. The maximum atomic E-state index is 12.8. The van der Waals surface area contributed by atoms with Crippen LogP contribution in [0.1, 0.15) is 19.4 Å². The summed E-state index contributed by atoms with van der Waals surface area (Å²) in [6, 6.07) is 3.91. The van der Waals surface area contributed by atoms with Crippen LogP contribution in [-0.2, 0) is 6.18 Å². The van der Waals surface area contributed by atoms with Gasteiger partial charge in [0.25, 0.3) is 0 Å². The smallest absolute Gasteiger partial charge is 0.418 e. The van der Waals surface area contributed by atoms with Crippen LogP contribution in [0.3, 0.4) is 0 Å². The SMILES string of the molecule is COc1ccc(NCC(C)C)c(C(F)(F)F)c1. The zero-order valence-corrected chi connectivity index (χ0v) is 10.1. The average molecular weight is 247 g/mol. The highest BCUT2D eigenvalue weighted by molar-refractivity contribution is 5.55. The van der Waals surface area contributed by atoms with Crippen molar-refractivity contribution in [3.8, 4) is 5.75 Å². The van der Waals surface area contributed by atoms with Crippen LogP contribution in [0.25, 0.3) is 0 Å². The molecule has 0 bridgehead atoms. The summed E-state index contributed by atoms with van der Waals surface area (Å²) in [6.45, 7) is 4.36. The van der Waals surface area contributed by atoms with Gasteiger partial charge in [0.15, 0.2) is 0 Å². The van der Waals surface area contributed by atoms with Gasteiger partial charge in [-0.15, -0.1) is 0 Å². The Hall–Kier alpha value is -1.39. The molecule has 0 aliphatic carbocycles. The van der Waals surface area contributed by atoms with Crippen molar-refractivity contribution >= 4 is 5.69 Å². The zero-order valence-electron chi connectivity index (χ0n) is 10.1. The minimum absolute atomic E-state index is 0.0898. The van der Waals surface area contributed by atoms with Crippen LogP contribution in [0.15, 0.2) is 18.2 Å². The molecule has 1 aromatic carbocycles. The van der Waals surface area contributed by atoms with Crippen LogP contribution in [0, 0.1) is 5.92 Å². The molecule has 17 heavy (non-hydrogen) atoms. The van der Waals surface area contributed by atoms with E-state index in [1.54, 1.807) is 0 Å². The molecule has 96 valence electrons. The fourth-order valence-electron chi connectivity index (χ4n) is 1.35. The highest BCUT2D eigenvalue weighted by atomic mass is 19.4. The number of hydrogen-bond acceptors (Lipinski definition) is 2. The van der Waals surface area contributed by atoms with Crippen molar-refractivity contribution in [2.24, 2.45) is 5.92 Å². The van der Waals surface area contributed by atoms with Gasteiger partial charge in [-0.25, -0.2) is 0 Å². The van der Waals surface area contributed by atoms with E-state index in [1.165, 1.54) is 19.2 Å². The van der Waals surface area contributed by atoms with Crippen LogP contribution in [0.5, 0.6) is 5.75 Å². The molecule has 1 rings (SSSR count). The summed E-state index contributed by atoms with van der Waals surface area (Å²) in [6.07, 6.45) is -4.38. The molecule has 0 aromatic heterocycles. The number of hydrogen-bond donors (Lipinski definition) is 1. The Labute approximate surface area is 98.8 Å². The molecule has 0 spiro atoms. The fourth-order valence-corrected chi connectivity index (χ4v) is 1.35. The topological polar surface area (TPSA) is 21.3 Å². The summed E-state index contributed by atoms with van der Waals surface area (Å²) < 4.78 is 43.2. The van der Waals surface area contributed by atoms with E-state index in [2.05, 4.69) is 5.32 Å². The molecule has 0 aliphatic heterocycles. The standard InChI is InChI=1S/C12H16F3NO/c1-8(2)7-16-11-5-4-9(17-3)6-10(11)12(13,14)15/h4-6,8,16H,7H2,1-3H3. The van der Waals surface area contributed by atoms with Crippen LogP contribution >= 0.6 is 0 Å². The molecule has 0 saturated carbocycles. The number of anilines is 1. The van der Waals surface area contributed by atoms with Gasteiger partial charge in [-0.05, 0) is 24.1 Å². The van der Waals surface area contributed by atoms with E-state index in [0.29, 0.717) is 6.54 Å². The normalized spacial score (nSPS) is 11.7. The first-order chi connectivity index (χ1) is 7.84. The maximum Gasteiger partial charge on any atom is 0.418 e.